The number of sulfonamides is 1. The van der Waals surface area contributed by atoms with E-state index in [4.69, 9.17) is 0 Å². The van der Waals surface area contributed by atoms with Gasteiger partial charge in [-0.2, -0.15) is 13.2 Å². The molecule has 0 heterocycles. The molecule has 0 aliphatic carbocycles. The number of halogens is 3. The van der Waals surface area contributed by atoms with Crippen LogP contribution in [-0.2, 0) is 16.2 Å². The molecule has 2 N–H and O–H groups in total. The molecule has 0 radical (unpaired) electrons. The molecule has 0 spiro atoms. The number of nitrogens with one attached hydrogen (secondary N) is 2. The van der Waals surface area contributed by atoms with Crippen LogP contribution in [0.3, 0.4) is 0 Å². The van der Waals surface area contributed by atoms with E-state index in [1.54, 1.807) is 18.2 Å². The third-order valence-electron chi connectivity index (χ3n) is 4.21. The summed E-state index contributed by atoms with van der Waals surface area (Å²) in [6, 6.07) is 18.2. The van der Waals surface area contributed by atoms with Gasteiger partial charge in [0, 0.05) is 16.8 Å². The van der Waals surface area contributed by atoms with Crippen molar-refractivity contribution in [3.05, 3.63) is 95.6 Å². The molecule has 9 heteroatoms. The lowest BCUT2D eigenvalue weighted by Crippen LogP contribution is -2.23. The fourth-order valence-electron chi connectivity index (χ4n) is 2.65. The molecule has 0 saturated carbocycles. The molecule has 0 unspecified atom stereocenters. The zero-order valence-electron chi connectivity index (χ0n) is 16.5. The van der Waals surface area contributed by atoms with Gasteiger partial charge >= 0.3 is 6.18 Å². The number of alkyl halides is 3. The van der Waals surface area contributed by atoms with Gasteiger partial charge < -0.3 is 5.32 Å². The molecule has 0 aliphatic rings. The van der Waals surface area contributed by atoms with Crippen LogP contribution >= 0.6 is 0 Å². The average Bonchev–Trinajstić information content (AvgIpc) is 2.77. The van der Waals surface area contributed by atoms with Gasteiger partial charge in [-0.15, -0.1) is 0 Å². The molecule has 0 bridgehead atoms. The van der Waals surface area contributed by atoms with Crippen LogP contribution < -0.4 is 10.0 Å². The summed E-state index contributed by atoms with van der Waals surface area (Å²) in [5, 5.41) is 2.53. The zero-order valence-corrected chi connectivity index (χ0v) is 17.3. The Balaban J connectivity index is 1.58. The van der Waals surface area contributed by atoms with Crippen LogP contribution in [0.25, 0.3) is 0 Å². The summed E-state index contributed by atoms with van der Waals surface area (Å²) in [5.41, 5.74) is -0.0521. The summed E-state index contributed by atoms with van der Waals surface area (Å²) in [6.07, 6.45) is -4.45. The number of hydrogen-bond donors (Lipinski definition) is 2. The second-order valence-electron chi connectivity index (χ2n) is 6.56. The fourth-order valence-corrected chi connectivity index (χ4v) is 3.73. The molecule has 0 aromatic heterocycles. The molecule has 32 heavy (non-hydrogen) atoms. The van der Waals surface area contributed by atoms with Gasteiger partial charge in [-0.1, -0.05) is 36.1 Å². The van der Waals surface area contributed by atoms with Gasteiger partial charge in [0.1, 0.15) is 0 Å². The van der Waals surface area contributed by atoms with E-state index in [0.717, 1.165) is 12.1 Å². The van der Waals surface area contributed by atoms with E-state index in [-0.39, 0.29) is 28.3 Å². The first-order valence-corrected chi connectivity index (χ1v) is 10.8. The first-order valence-electron chi connectivity index (χ1n) is 9.27. The van der Waals surface area contributed by atoms with Crippen LogP contribution in [0.1, 0.15) is 21.5 Å². The molecule has 5 nitrogen and oxygen atoms in total. The quantitative estimate of drug-likeness (QED) is 0.561. The third-order valence-corrected chi connectivity index (χ3v) is 5.61. The maximum atomic E-state index is 12.7. The van der Waals surface area contributed by atoms with Crippen molar-refractivity contribution in [2.24, 2.45) is 0 Å². The summed E-state index contributed by atoms with van der Waals surface area (Å²) in [4.78, 5) is 12.3. The highest BCUT2D eigenvalue weighted by molar-refractivity contribution is 7.92. The minimum Gasteiger partial charge on any atom is -0.341 e. The number of anilines is 1. The Labute approximate surface area is 183 Å². The largest absolute Gasteiger partial charge is 0.416 e. The lowest BCUT2D eigenvalue weighted by molar-refractivity contribution is -0.137. The second-order valence-corrected chi connectivity index (χ2v) is 8.24. The number of amides is 1. The van der Waals surface area contributed by atoms with Gasteiger partial charge in [-0.3, -0.25) is 9.52 Å². The van der Waals surface area contributed by atoms with E-state index in [9.17, 15) is 26.4 Å². The Morgan fingerprint density at radius 2 is 1.59 bits per heavy atom. The van der Waals surface area contributed by atoms with Gasteiger partial charge in [-0.05, 0) is 54.6 Å². The Hall–Kier alpha value is -3.77. The normalized spacial score (nSPS) is 11.2. The fraction of sp³-hybridized carbons (Fsp3) is 0.0870. The molecular weight excluding hydrogens is 441 g/mol. The van der Waals surface area contributed by atoms with Gasteiger partial charge in [0.25, 0.3) is 15.9 Å². The molecule has 0 aliphatic heterocycles. The van der Waals surface area contributed by atoms with Gasteiger partial charge in [0.15, 0.2) is 0 Å². The summed E-state index contributed by atoms with van der Waals surface area (Å²) in [7, 11) is -3.74. The molecule has 3 aromatic rings. The molecule has 0 saturated heterocycles. The van der Waals surface area contributed by atoms with E-state index in [1.807, 2.05) is 0 Å². The molecule has 1 amide bonds. The number of benzene rings is 3. The highest BCUT2D eigenvalue weighted by atomic mass is 32.2. The van der Waals surface area contributed by atoms with E-state index in [0.29, 0.717) is 0 Å². The van der Waals surface area contributed by atoms with Crippen molar-refractivity contribution >= 4 is 21.6 Å². The lowest BCUT2D eigenvalue weighted by Gasteiger charge is -2.08. The average molecular weight is 458 g/mol. The van der Waals surface area contributed by atoms with Crippen molar-refractivity contribution in [1.29, 1.82) is 0 Å². The Bertz CT molecular complexity index is 1260. The van der Waals surface area contributed by atoms with Crippen molar-refractivity contribution < 1.29 is 26.4 Å². The molecule has 0 atom stereocenters. The monoisotopic (exact) mass is 458 g/mol. The first-order chi connectivity index (χ1) is 15.1. The van der Waals surface area contributed by atoms with Crippen molar-refractivity contribution in [3.63, 3.8) is 0 Å². The predicted octanol–water partition coefficient (Wildman–Crippen LogP) is 4.29. The molecule has 164 valence electrons. The van der Waals surface area contributed by atoms with Crippen LogP contribution in [0.2, 0.25) is 0 Å². The Morgan fingerprint density at radius 1 is 0.906 bits per heavy atom. The number of hydrogen-bond acceptors (Lipinski definition) is 3. The summed E-state index contributed by atoms with van der Waals surface area (Å²) >= 11 is 0. The second kappa shape index (κ2) is 9.58. The molecule has 3 rings (SSSR count). The molecule has 0 fully saturated rings. The Kier molecular flexibility index (Phi) is 6.85. The van der Waals surface area contributed by atoms with Crippen molar-refractivity contribution in [2.45, 2.75) is 11.1 Å². The summed E-state index contributed by atoms with van der Waals surface area (Å²) in [6.45, 7) is -0.0720. The van der Waals surface area contributed by atoms with Crippen molar-refractivity contribution in [1.82, 2.24) is 5.32 Å². The number of carbonyl (C=O) groups is 1. The number of rotatable bonds is 5. The van der Waals surface area contributed by atoms with Gasteiger partial charge in [-0.25, -0.2) is 8.42 Å². The van der Waals surface area contributed by atoms with Gasteiger partial charge in [0.05, 0.1) is 17.0 Å². The summed E-state index contributed by atoms with van der Waals surface area (Å²) < 4.78 is 65.2. The van der Waals surface area contributed by atoms with Crippen LogP contribution in [0.4, 0.5) is 18.9 Å². The number of carbonyl (C=O) groups excluding carboxylic acids is 1. The van der Waals surface area contributed by atoms with Crippen molar-refractivity contribution in [3.8, 4) is 11.8 Å². The van der Waals surface area contributed by atoms with E-state index in [2.05, 4.69) is 21.9 Å². The van der Waals surface area contributed by atoms with Gasteiger partial charge in [0.2, 0.25) is 0 Å². The van der Waals surface area contributed by atoms with Crippen LogP contribution in [-0.4, -0.2) is 20.9 Å². The topological polar surface area (TPSA) is 75.3 Å². The van der Waals surface area contributed by atoms with E-state index < -0.39 is 27.7 Å². The van der Waals surface area contributed by atoms with E-state index >= 15 is 0 Å². The third kappa shape index (κ3) is 6.12. The van der Waals surface area contributed by atoms with Crippen LogP contribution in [0.15, 0.2) is 83.8 Å². The highest BCUT2D eigenvalue weighted by Crippen LogP contribution is 2.29. The lowest BCUT2D eigenvalue weighted by atomic mass is 10.1. The first kappa shape index (κ1) is 22.9. The smallest absolute Gasteiger partial charge is 0.341 e. The standard InChI is InChI=1S/C23H17F3N2O3S/c24-23(25,26)19-8-4-6-17(16-19)7-5-15-27-22(29)18-11-13-20(14-12-18)28-32(30,31)21-9-2-1-3-10-21/h1-4,6,8-14,16,28H,15H2,(H,27,29). The maximum Gasteiger partial charge on any atom is 0.416 e. The maximum absolute atomic E-state index is 12.7. The Morgan fingerprint density at radius 3 is 2.25 bits per heavy atom. The van der Waals surface area contributed by atoms with Crippen LogP contribution in [0, 0.1) is 11.8 Å². The summed E-state index contributed by atoms with van der Waals surface area (Å²) in [5.74, 6) is 4.72. The molecule has 3 aromatic carbocycles. The SMILES string of the molecule is O=C(NCC#Cc1cccc(C(F)(F)F)c1)c1ccc(NS(=O)(=O)c2ccccc2)cc1. The predicted molar refractivity (Wildman–Crippen MR) is 114 cm³/mol. The highest BCUT2D eigenvalue weighted by Gasteiger charge is 2.30. The molecular formula is C23H17F3N2O3S. The zero-order chi connectivity index (χ0) is 23.2. The van der Waals surface area contributed by atoms with Crippen LogP contribution in [0.5, 0.6) is 0 Å². The minimum absolute atomic E-state index is 0.0720. The minimum atomic E-state index is -4.45. The van der Waals surface area contributed by atoms with Crippen molar-refractivity contribution in [2.75, 3.05) is 11.3 Å². The van der Waals surface area contributed by atoms with E-state index in [1.165, 1.54) is 48.5 Å².